The van der Waals surface area contributed by atoms with Crippen molar-refractivity contribution in [1.82, 2.24) is 10.2 Å². The van der Waals surface area contributed by atoms with Crippen LogP contribution in [0.4, 0.5) is 10.8 Å². The van der Waals surface area contributed by atoms with Crippen LogP contribution < -0.4 is 20.7 Å². The van der Waals surface area contributed by atoms with Crippen molar-refractivity contribution < 1.29 is 14.3 Å². The third-order valence-electron chi connectivity index (χ3n) is 7.09. The molecule has 1 atom stereocenters. The number of carbonyl (C=O) groups is 2. The highest BCUT2D eigenvalue weighted by molar-refractivity contribution is 8.01. The van der Waals surface area contributed by atoms with Gasteiger partial charge in [-0.2, -0.15) is 5.26 Å². The molecule has 0 spiro atoms. The van der Waals surface area contributed by atoms with Crippen LogP contribution in [0.3, 0.4) is 0 Å². The van der Waals surface area contributed by atoms with Crippen LogP contribution in [0, 0.1) is 23.7 Å². The molecule has 0 saturated carbocycles. The number of methoxy groups -OCH3 is 1. The van der Waals surface area contributed by atoms with Gasteiger partial charge in [-0.3, -0.25) is 14.5 Å². The second kappa shape index (κ2) is 11.4. The summed E-state index contributed by atoms with van der Waals surface area (Å²) in [6, 6.07) is 17.3. The summed E-state index contributed by atoms with van der Waals surface area (Å²) in [6.45, 7) is 6.10. The van der Waals surface area contributed by atoms with Crippen LogP contribution in [-0.4, -0.2) is 34.8 Å². The summed E-state index contributed by atoms with van der Waals surface area (Å²) >= 11 is 2.50. The predicted octanol–water partition coefficient (Wildman–Crippen LogP) is 5.53. The zero-order valence-electron chi connectivity index (χ0n) is 23.2. The molecule has 1 amide bonds. The quantitative estimate of drug-likeness (QED) is 0.343. The lowest BCUT2D eigenvalue weighted by Crippen LogP contribution is -2.42. The third-order valence-corrected chi connectivity index (χ3v) is 9.13. The number of anilines is 2. The first kappa shape index (κ1) is 28.4. The molecule has 1 aliphatic carbocycles. The highest BCUT2D eigenvalue weighted by Crippen LogP contribution is 2.50. The average Bonchev–Trinajstić information content (AvgIpc) is 3.40. The van der Waals surface area contributed by atoms with Crippen molar-refractivity contribution in [3.05, 3.63) is 82.3 Å². The van der Waals surface area contributed by atoms with Crippen molar-refractivity contribution in [2.24, 2.45) is 11.1 Å². The third kappa shape index (κ3) is 5.71. The number of ether oxygens (including phenoxy) is 1. The van der Waals surface area contributed by atoms with Gasteiger partial charge in [0, 0.05) is 17.7 Å². The second-order valence-corrected chi connectivity index (χ2v) is 13.0. The fraction of sp³-hybridized carbons (Fsp3) is 0.300. The molecule has 2 aliphatic rings. The number of aromatic nitrogens is 2. The highest BCUT2D eigenvalue weighted by atomic mass is 32.2. The number of para-hydroxylation sites is 2. The van der Waals surface area contributed by atoms with E-state index >= 15 is 0 Å². The van der Waals surface area contributed by atoms with Gasteiger partial charge in [-0.25, -0.2) is 0 Å². The molecule has 5 rings (SSSR count). The predicted molar refractivity (Wildman–Crippen MR) is 161 cm³/mol. The number of nitriles is 1. The number of rotatable bonds is 7. The minimum atomic E-state index is -0.545. The fourth-order valence-corrected chi connectivity index (χ4v) is 6.91. The topological polar surface area (TPSA) is 134 Å². The number of hydrogen-bond acceptors (Lipinski definition) is 10. The van der Waals surface area contributed by atoms with Gasteiger partial charge in [-0.15, -0.1) is 10.2 Å². The SMILES string of the molecule is COc1ccccc1NC(=O)CSc1nnc(N2C(N)=C(C#N)C(c3ccc(C)cc3)C3=C2CC(C)(C)CC3=O)s1. The van der Waals surface area contributed by atoms with E-state index in [0.29, 0.717) is 44.9 Å². The van der Waals surface area contributed by atoms with Crippen molar-refractivity contribution in [2.45, 2.75) is 43.9 Å². The molecular weight excluding hydrogens is 557 g/mol. The summed E-state index contributed by atoms with van der Waals surface area (Å²) in [5, 5.41) is 22.2. The number of carbonyl (C=O) groups excluding carboxylic acids is 2. The Morgan fingerprint density at radius 2 is 1.95 bits per heavy atom. The minimum Gasteiger partial charge on any atom is -0.495 e. The molecule has 1 unspecified atom stereocenters. The van der Waals surface area contributed by atoms with Crippen molar-refractivity contribution >= 4 is 45.6 Å². The number of aryl methyl sites for hydroxylation is 1. The van der Waals surface area contributed by atoms with Crippen LogP contribution in [0.15, 0.2) is 75.5 Å². The minimum absolute atomic E-state index is 0.000741. The number of hydrogen-bond donors (Lipinski definition) is 2. The Kier molecular flexibility index (Phi) is 7.89. The molecule has 11 heteroatoms. The molecule has 1 aliphatic heterocycles. The Labute approximate surface area is 247 Å². The molecule has 0 radical (unpaired) electrons. The normalized spacial score (nSPS) is 18.2. The number of Topliss-reactive ketones (excluding diaryl/α,β-unsaturated/α-hetero) is 1. The maximum Gasteiger partial charge on any atom is 0.234 e. The monoisotopic (exact) mass is 586 g/mol. The molecule has 0 fully saturated rings. The molecule has 9 nitrogen and oxygen atoms in total. The lowest BCUT2D eigenvalue weighted by atomic mass is 9.68. The lowest BCUT2D eigenvalue weighted by molar-refractivity contribution is -0.118. The summed E-state index contributed by atoms with van der Waals surface area (Å²) in [7, 11) is 1.55. The second-order valence-electron chi connectivity index (χ2n) is 10.8. The summed E-state index contributed by atoms with van der Waals surface area (Å²) in [5.74, 6) is 0.156. The molecule has 41 heavy (non-hydrogen) atoms. The van der Waals surface area contributed by atoms with E-state index in [1.54, 1.807) is 24.1 Å². The van der Waals surface area contributed by atoms with E-state index in [4.69, 9.17) is 10.5 Å². The molecular formula is C30H30N6O3S2. The Bertz CT molecular complexity index is 1620. The van der Waals surface area contributed by atoms with Crippen LogP contribution in [0.5, 0.6) is 5.75 Å². The van der Waals surface area contributed by atoms with E-state index in [9.17, 15) is 14.9 Å². The zero-order valence-corrected chi connectivity index (χ0v) is 24.9. The molecule has 2 aromatic carbocycles. The van der Waals surface area contributed by atoms with Crippen molar-refractivity contribution in [2.75, 3.05) is 23.1 Å². The lowest BCUT2D eigenvalue weighted by Gasteiger charge is -2.42. The van der Waals surface area contributed by atoms with E-state index in [1.807, 2.05) is 43.3 Å². The molecule has 210 valence electrons. The summed E-state index contributed by atoms with van der Waals surface area (Å²) in [5.41, 5.74) is 10.6. The van der Waals surface area contributed by atoms with Gasteiger partial charge in [-0.05, 0) is 36.5 Å². The zero-order chi connectivity index (χ0) is 29.3. The smallest absolute Gasteiger partial charge is 0.234 e. The Hall–Kier alpha value is -4.14. The summed E-state index contributed by atoms with van der Waals surface area (Å²) in [6.07, 6.45) is 0.957. The number of nitrogens with one attached hydrogen (secondary N) is 1. The van der Waals surface area contributed by atoms with Gasteiger partial charge < -0.3 is 15.8 Å². The maximum atomic E-state index is 13.7. The van der Waals surface area contributed by atoms with Gasteiger partial charge in [0.05, 0.1) is 36.1 Å². The van der Waals surface area contributed by atoms with E-state index in [1.165, 1.54) is 23.1 Å². The van der Waals surface area contributed by atoms with E-state index in [2.05, 4.69) is 35.4 Å². The van der Waals surface area contributed by atoms with E-state index in [0.717, 1.165) is 16.8 Å². The largest absolute Gasteiger partial charge is 0.495 e. The number of benzene rings is 2. The number of amides is 1. The van der Waals surface area contributed by atoms with Gasteiger partial charge >= 0.3 is 0 Å². The van der Waals surface area contributed by atoms with Crippen molar-refractivity contribution in [3.63, 3.8) is 0 Å². The summed E-state index contributed by atoms with van der Waals surface area (Å²) < 4.78 is 5.86. The van der Waals surface area contributed by atoms with Gasteiger partial charge in [0.15, 0.2) is 10.1 Å². The Balaban J connectivity index is 1.45. The van der Waals surface area contributed by atoms with Crippen molar-refractivity contribution in [1.29, 1.82) is 5.26 Å². The number of nitrogens with zero attached hydrogens (tertiary/aromatic N) is 4. The van der Waals surface area contributed by atoms with Gasteiger partial charge in [0.1, 0.15) is 11.6 Å². The number of nitrogens with two attached hydrogens (primary N) is 1. The molecule has 3 aromatic rings. The van der Waals surface area contributed by atoms with Crippen LogP contribution >= 0.6 is 23.1 Å². The first-order valence-corrected chi connectivity index (χ1v) is 14.8. The number of ketones is 1. The number of allylic oxidation sites excluding steroid dienone is 3. The van der Waals surface area contributed by atoms with Crippen LogP contribution in [-0.2, 0) is 9.59 Å². The highest BCUT2D eigenvalue weighted by Gasteiger charge is 2.45. The molecule has 0 saturated heterocycles. The van der Waals surface area contributed by atoms with E-state index in [-0.39, 0.29) is 28.7 Å². The molecule has 3 N–H and O–H groups in total. The van der Waals surface area contributed by atoms with Crippen LogP contribution in [0.25, 0.3) is 0 Å². The van der Waals surface area contributed by atoms with Crippen LogP contribution in [0.2, 0.25) is 0 Å². The van der Waals surface area contributed by atoms with Gasteiger partial charge in [-0.1, -0.05) is 78.9 Å². The first-order valence-electron chi connectivity index (χ1n) is 13.0. The average molecular weight is 587 g/mol. The van der Waals surface area contributed by atoms with Crippen molar-refractivity contribution in [3.8, 4) is 11.8 Å². The van der Waals surface area contributed by atoms with Gasteiger partial charge in [0.2, 0.25) is 11.0 Å². The Morgan fingerprint density at radius 3 is 2.66 bits per heavy atom. The first-order chi connectivity index (χ1) is 19.6. The summed E-state index contributed by atoms with van der Waals surface area (Å²) in [4.78, 5) is 28.0. The molecule has 2 heterocycles. The Morgan fingerprint density at radius 1 is 1.22 bits per heavy atom. The fourth-order valence-electron chi connectivity index (χ4n) is 5.23. The standard InChI is InChI=1S/C30H30N6O3S2/c1-17-9-11-18(12-10-17)25-19(15-31)27(32)36(21-13-30(2,3)14-22(37)26(21)25)28-34-35-29(41-28)40-16-24(38)33-20-7-5-6-8-23(20)39-4/h5-12,25H,13-14,16,32H2,1-4H3,(H,33,38). The van der Waals surface area contributed by atoms with Crippen LogP contribution in [0.1, 0.15) is 43.7 Å². The molecule has 1 aromatic heterocycles. The molecule has 0 bridgehead atoms. The van der Waals surface area contributed by atoms with Gasteiger partial charge in [0.25, 0.3) is 0 Å². The van der Waals surface area contributed by atoms with E-state index < -0.39 is 5.92 Å². The maximum absolute atomic E-state index is 13.7. The number of thioether (sulfide) groups is 1.